The molecule has 0 aliphatic heterocycles. The lowest BCUT2D eigenvalue weighted by molar-refractivity contribution is 0.558. The topological polar surface area (TPSA) is 38.9 Å². The molecule has 21 heavy (non-hydrogen) atoms. The van der Waals surface area contributed by atoms with Gasteiger partial charge in [-0.05, 0) is 29.8 Å². The van der Waals surface area contributed by atoms with Crippen molar-refractivity contribution in [3.8, 4) is 11.5 Å². The molecule has 0 unspecified atom stereocenters. The van der Waals surface area contributed by atoms with E-state index in [2.05, 4.69) is 10.2 Å². The van der Waals surface area contributed by atoms with Gasteiger partial charge in [-0.25, -0.2) is 0 Å². The fourth-order valence-corrected chi connectivity index (χ4v) is 2.23. The SMILES string of the molecule is Clc1ccccc1C=Cc1nnc(-c2ccccc2Cl)o1. The lowest BCUT2D eigenvalue weighted by Crippen LogP contribution is -1.78. The third kappa shape index (κ3) is 3.15. The lowest BCUT2D eigenvalue weighted by atomic mass is 10.2. The predicted octanol–water partition coefficient (Wildman–Crippen LogP) is 5.21. The summed E-state index contributed by atoms with van der Waals surface area (Å²) in [6, 6.07) is 14.8. The molecule has 1 aromatic heterocycles. The molecule has 0 bridgehead atoms. The van der Waals surface area contributed by atoms with Gasteiger partial charge in [-0.1, -0.05) is 53.5 Å². The maximum absolute atomic E-state index is 6.10. The normalized spacial score (nSPS) is 11.1. The van der Waals surface area contributed by atoms with Crippen LogP contribution in [0.15, 0.2) is 52.9 Å². The second-order valence-electron chi connectivity index (χ2n) is 4.28. The first kappa shape index (κ1) is 13.9. The molecule has 0 aliphatic carbocycles. The van der Waals surface area contributed by atoms with Crippen molar-refractivity contribution in [1.29, 1.82) is 0 Å². The number of rotatable bonds is 3. The van der Waals surface area contributed by atoms with Crippen molar-refractivity contribution in [3.63, 3.8) is 0 Å². The minimum atomic E-state index is 0.388. The molecular formula is C16H10Cl2N2O. The Morgan fingerprint density at radius 3 is 2.29 bits per heavy atom. The summed E-state index contributed by atoms with van der Waals surface area (Å²) in [5.74, 6) is 0.782. The van der Waals surface area contributed by atoms with Crippen LogP contribution in [-0.2, 0) is 0 Å². The first-order valence-electron chi connectivity index (χ1n) is 6.25. The smallest absolute Gasteiger partial charge is 0.249 e. The molecule has 0 N–H and O–H groups in total. The average molecular weight is 317 g/mol. The average Bonchev–Trinajstić information content (AvgIpc) is 2.96. The van der Waals surface area contributed by atoms with Gasteiger partial charge in [-0.15, -0.1) is 10.2 Å². The third-order valence-electron chi connectivity index (χ3n) is 2.86. The number of hydrogen-bond acceptors (Lipinski definition) is 3. The van der Waals surface area contributed by atoms with Crippen molar-refractivity contribution in [2.45, 2.75) is 0 Å². The van der Waals surface area contributed by atoms with E-state index in [-0.39, 0.29) is 0 Å². The lowest BCUT2D eigenvalue weighted by Gasteiger charge is -1.96. The van der Waals surface area contributed by atoms with Gasteiger partial charge >= 0.3 is 0 Å². The molecule has 1 heterocycles. The third-order valence-corrected chi connectivity index (χ3v) is 3.53. The van der Waals surface area contributed by atoms with Gasteiger partial charge in [-0.3, -0.25) is 0 Å². The van der Waals surface area contributed by atoms with E-state index < -0.39 is 0 Å². The fraction of sp³-hybridized carbons (Fsp3) is 0. The molecule has 0 saturated carbocycles. The van der Waals surface area contributed by atoms with E-state index in [0.29, 0.717) is 27.4 Å². The van der Waals surface area contributed by atoms with Crippen LogP contribution in [0.4, 0.5) is 0 Å². The highest BCUT2D eigenvalue weighted by Crippen LogP contribution is 2.26. The van der Waals surface area contributed by atoms with E-state index in [1.165, 1.54) is 0 Å². The summed E-state index contributed by atoms with van der Waals surface area (Å²) < 4.78 is 5.58. The van der Waals surface area contributed by atoms with Gasteiger partial charge in [-0.2, -0.15) is 0 Å². The number of benzene rings is 2. The van der Waals surface area contributed by atoms with Gasteiger partial charge in [0, 0.05) is 11.1 Å². The van der Waals surface area contributed by atoms with Crippen LogP contribution in [0.2, 0.25) is 10.0 Å². The van der Waals surface area contributed by atoms with E-state index in [1.54, 1.807) is 12.1 Å². The molecule has 2 aromatic carbocycles. The summed E-state index contributed by atoms with van der Waals surface area (Å²) in [6.07, 6.45) is 3.54. The molecule has 5 heteroatoms. The van der Waals surface area contributed by atoms with Crippen LogP contribution in [0.25, 0.3) is 23.6 Å². The minimum absolute atomic E-state index is 0.388. The molecule has 0 saturated heterocycles. The second-order valence-corrected chi connectivity index (χ2v) is 5.09. The molecule has 104 valence electrons. The highest BCUT2D eigenvalue weighted by molar-refractivity contribution is 6.33. The summed E-state index contributed by atoms with van der Waals surface area (Å²) in [4.78, 5) is 0. The van der Waals surface area contributed by atoms with Gasteiger partial charge in [0.2, 0.25) is 11.8 Å². The van der Waals surface area contributed by atoms with Gasteiger partial charge in [0.15, 0.2) is 0 Å². The van der Waals surface area contributed by atoms with Gasteiger partial charge in [0.05, 0.1) is 10.6 Å². The van der Waals surface area contributed by atoms with Crippen LogP contribution in [0.1, 0.15) is 11.5 Å². The summed E-state index contributed by atoms with van der Waals surface area (Å²) in [5.41, 5.74) is 1.60. The van der Waals surface area contributed by atoms with Gasteiger partial charge < -0.3 is 4.42 Å². The molecule has 0 radical (unpaired) electrons. The largest absolute Gasteiger partial charge is 0.417 e. The maximum atomic E-state index is 6.10. The molecule has 0 aliphatic rings. The number of aromatic nitrogens is 2. The molecule has 3 rings (SSSR count). The van der Waals surface area contributed by atoms with Gasteiger partial charge in [0.1, 0.15) is 0 Å². The van der Waals surface area contributed by atoms with Crippen LogP contribution in [0.3, 0.4) is 0 Å². The Balaban J connectivity index is 1.86. The Labute approximate surface area is 131 Å². The van der Waals surface area contributed by atoms with Crippen molar-refractivity contribution >= 4 is 35.4 Å². The van der Waals surface area contributed by atoms with E-state index in [4.69, 9.17) is 27.6 Å². The monoisotopic (exact) mass is 316 g/mol. The quantitative estimate of drug-likeness (QED) is 0.665. The van der Waals surface area contributed by atoms with Crippen molar-refractivity contribution in [2.24, 2.45) is 0 Å². The maximum Gasteiger partial charge on any atom is 0.249 e. The van der Waals surface area contributed by atoms with Crippen LogP contribution in [0, 0.1) is 0 Å². The zero-order chi connectivity index (χ0) is 14.7. The fourth-order valence-electron chi connectivity index (χ4n) is 1.82. The van der Waals surface area contributed by atoms with E-state index in [9.17, 15) is 0 Å². The molecule has 0 amide bonds. The zero-order valence-electron chi connectivity index (χ0n) is 10.8. The summed E-state index contributed by atoms with van der Waals surface area (Å²) in [6.45, 7) is 0. The molecular weight excluding hydrogens is 307 g/mol. The minimum Gasteiger partial charge on any atom is -0.417 e. The van der Waals surface area contributed by atoms with Gasteiger partial charge in [0.25, 0.3) is 0 Å². The molecule has 0 atom stereocenters. The number of hydrogen-bond donors (Lipinski definition) is 0. The summed E-state index contributed by atoms with van der Waals surface area (Å²) in [7, 11) is 0. The van der Waals surface area contributed by atoms with Crippen LogP contribution in [0.5, 0.6) is 0 Å². The molecule has 0 fully saturated rings. The summed E-state index contributed by atoms with van der Waals surface area (Å²) in [5, 5.41) is 9.21. The Bertz CT molecular complexity index is 796. The standard InChI is InChI=1S/C16H10Cl2N2O/c17-13-7-3-1-5-11(13)9-10-15-19-20-16(21-15)12-6-2-4-8-14(12)18/h1-10H. The number of nitrogens with zero attached hydrogens (tertiary/aromatic N) is 2. The second kappa shape index (κ2) is 6.12. The van der Waals surface area contributed by atoms with Crippen LogP contribution in [-0.4, -0.2) is 10.2 Å². The predicted molar refractivity (Wildman–Crippen MR) is 85.1 cm³/mol. The van der Waals surface area contributed by atoms with Crippen molar-refractivity contribution < 1.29 is 4.42 Å². The van der Waals surface area contributed by atoms with E-state index in [0.717, 1.165) is 5.56 Å². The van der Waals surface area contributed by atoms with Crippen molar-refractivity contribution in [1.82, 2.24) is 10.2 Å². The van der Waals surface area contributed by atoms with E-state index >= 15 is 0 Å². The molecule has 3 nitrogen and oxygen atoms in total. The molecule has 3 aromatic rings. The molecule has 0 spiro atoms. The summed E-state index contributed by atoms with van der Waals surface area (Å²) >= 11 is 12.2. The van der Waals surface area contributed by atoms with Crippen molar-refractivity contribution in [2.75, 3.05) is 0 Å². The Kier molecular flexibility index (Phi) is 4.04. The van der Waals surface area contributed by atoms with E-state index in [1.807, 2.05) is 48.5 Å². The van der Waals surface area contributed by atoms with Crippen LogP contribution < -0.4 is 0 Å². The Morgan fingerprint density at radius 1 is 0.810 bits per heavy atom. The highest BCUT2D eigenvalue weighted by Gasteiger charge is 2.09. The first-order chi connectivity index (χ1) is 10.2. The highest BCUT2D eigenvalue weighted by atomic mass is 35.5. The number of halogens is 2. The Hall–Kier alpha value is -2.10. The van der Waals surface area contributed by atoms with Crippen molar-refractivity contribution in [3.05, 3.63) is 70.0 Å². The van der Waals surface area contributed by atoms with Crippen LogP contribution >= 0.6 is 23.2 Å². The zero-order valence-corrected chi connectivity index (χ0v) is 12.3. The first-order valence-corrected chi connectivity index (χ1v) is 7.00. The Morgan fingerprint density at radius 2 is 1.52 bits per heavy atom.